The molecule has 0 fully saturated rings. The standard InChI is InChI=1S/C21H16ClNO5/c1-13-10-16(6-8-18(13)22)23-20(25)12-27-21(26)15-4-2-14(3-5-15)19-9-7-17(11-24)28-19/h2-11H,12H2,1H3,(H,23,25). The van der Waals surface area contributed by atoms with E-state index in [0.717, 1.165) is 5.56 Å². The van der Waals surface area contributed by atoms with Gasteiger partial charge in [0.2, 0.25) is 0 Å². The van der Waals surface area contributed by atoms with Gasteiger partial charge in [-0.1, -0.05) is 23.7 Å². The summed E-state index contributed by atoms with van der Waals surface area (Å²) in [4.78, 5) is 34.7. The Hall–Kier alpha value is -3.38. The Morgan fingerprint density at radius 3 is 2.50 bits per heavy atom. The van der Waals surface area contributed by atoms with E-state index < -0.39 is 18.5 Å². The second-order valence-corrected chi connectivity index (χ2v) is 6.39. The summed E-state index contributed by atoms with van der Waals surface area (Å²) < 4.78 is 10.4. The molecule has 142 valence electrons. The van der Waals surface area contributed by atoms with E-state index in [0.29, 0.717) is 33.9 Å². The fraction of sp³-hybridized carbons (Fsp3) is 0.0952. The molecule has 0 bridgehead atoms. The lowest BCUT2D eigenvalue weighted by Crippen LogP contribution is -2.21. The molecular formula is C21H16ClNO5. The van der Waals surface area contributed by atoms with Gasteiger partial charge in [0, 0.05) is 16.3 Å². The lowest BCUT2D eigenvalue weighted by molar-refractivity contribution is -0.119. The molecule has 1 amide bonds. The fourth-order valence-electron chi connectivity index (χ4n) is 2.48. The van der Waals surface area contributed by atoms with E-state index in [-0.39, 0.29) is 5.76 Å². The summed E-state index contributed by atoms with van der Waals surface area (Å²) in [6, 6.07) is 14.7. The van der Waals surface area contributed by atoms with E-state index in [1.54, 1.807) is 54.6 Å². The fourth-order valence-corrected chi connectivity index (χ4v) is 2.59. The largest absolute Gasteiger partial charge is 0.453 e. The number of rotatable bonds is 6. The maximum Gasteiger partial charge on any atom is 0.338 e. The predicted molar refractivity (Wildman–Crippen MR) is 105 cm³/mol. The molecule has 6 nitrogen and oxygen atoms in total. The maximum absolute atomic E-state index is 12.1. The van der Waals surface area contributed by atoms with Gasteiger partial charge in [-0.3, -0.25) is 9.59 Å². The Morgan fingerprint density at radius 1 is 1.11 bits per heavy atom. The first-order chi connectivity index (χ1) is 13.5. The van der Waals surface area contributed by atoms with Crippen molar-refractivity contribution in [1.29, 1.82) is 0 Å². The first-order valence-electron chi connectivity index (χ1n) is 8.35. The lowest BCUT2D eigenvalue weighted by Gasteiger charge is -2.08. The second kappa shape index (κ2) is 8.54. The normalized spacial score (nSPS) is 10.4. The van der Waals surface area contributed by atoms with Crippen molar-refractivity contribution in [1.82, 2.24) is 0 Å². The molecule has 0 spiro atoms. The number of carbonyl (C=O) groups is 3. The van der Waals surface area contributed by atoms with Crippen LogP contribution in [0.2, 0.25) is 5.02 Å². The number of carbonyl (C=O) groups excluding carboxylic acids is 3. The summed E-state index contributed by atoms with van der Waals surface area (Å²) in [6.07, 6.45) is 0.617. The summed E-state index contributed by atoms with van der Waals surface area (Å²) in [5, 5.41) is 3.24. The van der Waals surface area contributed by atoms with Crippen molar-refractivity contribution < 1.29 is 23.5 Å². The van der Waals surface area contributed by atoms with Crippen LogP contribution in [0.5, 0.6) is 0 Å². The van der Waals surface area contributed by atoms with E-state index in [4.69, 9.17) is 20.8 Å². The molecule has 1 N–H and O–H groups in total. The smallest absolute Gasteiger partial charge is 0.338 e. The molecular weight excluding hydrogens is 382 g/mol. The van der Waals surface area contributed by atoms with Crippen LogP contribution in [-0.2, 0) is 9.53 Å². The van der Waals surface area contributed by atoms with Gasteiger partial charge in [-0.05, 0) is 55.0 Å². The van der Waals surface area contributed by atoms with Crippen LogP contribution in [0.3, 0.4) is 0 Å². The number of hydrogen-bond acceptors (Lipinski definition) is 5. The molecule has 7 heteroatoms. The number of esters is 1. The summed E-state index contributed by atoms with van der Waals surface area (Å²) >= 11 is 5.94. The van der Waals surface area contributed by atoms with Crippen molar-refractivity contribution in [3.8, 4) is 11.3 Å². The van der Waals surface area contributed by atoms with Gasteiger partial charge in [-0.25, -0.2) is 4.79 Å². The molecule has 0 aliphatic rings. The molecule has 0 unspecified atom stereocenters. The van der Waals surface area contributed by atoms with Crippen LogP contribution in [0, 0.1) is 6.92 Å². The molecule has 3 rings (SSSR count). The van der Waals surface area contributed by atoms with Crippen LogP contribution in [-0.4, -0.2) is 24.8 Å². The Morgan fingerprint density at radius 2 is 1.86 bits per heavy atom. The maximum atomic E-state index is 12.1. The van der Waals surface area contributed by atoms with E-state index >= 15 is 0 Å². The minimum atomic E-state index is -0.623. The van der Waals surface area contributed by atoms with Crippen molar-refractivity contribution in [2.75, 3.05) is 11.9 Å². The zero-order valence-corrected chi connectivity index (χ0v) is 15.7. The summed E-state index contributed by atoms with van der Waals surface area (Å²) in [5.74, 6) is -0.342. The lowest BCUT2D eigenvalue weighted by atomic mass is 10.1. The molecule has 0 aliphatic carbocycles. The third kappa shape index (κ3) is 4.66. The molecule has 0 aliphatic heterocycles. The molecule has 0 atom stereocenters. The van der Waals surface area contributed by atoms with Crippen LogP contribution in [0.15, 0.2) is 59.0 Å². The average Bonchev–Trinajstić information content (AvgIpc) is 3.18. The molecule has 3 aromatic rings. The SMILES string of the molecule is Cc1cc(NC(=O)COC(=O)c2ccc(-c3ccc(C=O)o3)cc2)ccc1Cl. The van der Waals surface area contributed by atoms with Crippen molar-refractivity contribution in [2.24, 2.45) is 0 Å². The number of aldehydes is 1. The molecule has 28 heavy (non-hydrogen) atoms. The highest BCUT2D eigenvalue weighted by molar-refractivity contribution is 6.31. The van der Waals surface area contributed by atoms with E-state index in [1.165, 1.54) is 0 Å². The minimum Gasteiger partial charge on any atom is -0.453 e. The number of hydrogen-bond donors (Lipinski definition) is 1. The molecule has 1 heterocycles. The zero-order chi connectivity index (χ0) is 20.1. The number of amides is 1. The van der Waals surface area contributed by atoms with Gasteiger partial charge >= 0.3 is 5.97 Å². The molecule has 0 radical (unpaired) electrons. The van der Waals surface area contributed by atoms with Crippen molar-refractivity contribution in [3.05, 3.63) is 76.5 Å². The predicted octanol–water partition coefficient (Wildman–Crippen LogP) is 4.52. The average molecular weight is 398 g/mol. The van der Waals surface area contributed by atoms with Crippen LogP contribution in [0.25, 0.3) is 11.3 Å². The van der Waals surface area contributed by atoms with Crippen molar-refractivity contribution >= 4 is 35.5 Å². The van der Waals surface area contributed by atoms with Gasteiger partial charge in [0.05, 0.1) is 5.56 Å². The Bertz CT molecular complexity index is 1020. The van der Waals surface area contributed by atoms with Crippen LogP contribution >= 0.6 is 11.6 Å². The monoisotopic (exact) mass is 397 g/mol. The Kier molecular flexibility index (Phi) is 5.91. The highest BCUT2D eigenvalue weighted by Gasteiger charge is 2.12. The topological polar surface area (TPSA) is 85.6 Å². The van der Waals surface area contributed by atoms with Gasteiger partial charge < -0.3 is 14.5 Å². The van der Waals surface area contributed by atoms with Gasteiger partial charge in [0.15, 0.2) is 18.7 Å². The summed E-state index contributed by atoms with van der Waals surface area (Å²) in [5.41, 5.74) is 2.40. The third-order valence-electron chi connectivity index (χ3n) is 3.92. The van der Waals surface area contributed by atoms with E-state index in [1.807, 2.05) is 6.92 Å². The van der Waals surface area contributed by atoms with Crippen LogP contribution < -0.4 is 5.32 Å². The van der Waals surface area contributed by atoms with E-state index in [2.05, 4.69) is 5.32 Å². The quantitative estimate of drug-likeness (QED) is 0.488. The number of anilines is 1. The number of benzene rings is 2. The number of nitrogens with one attached hydrogen (secondary N) is 1. The van der Waals surface area contributed by atoms with Gasteiger partial charge in [-0.2, -0.15) is 0 Å². The number of aryl methyl sites for hydroxylation is 1. The summed E-state index contributed by atoms with van der Waals surface area (Å²) in [6.45, 7) is 1.41. The Labute approximate surface area is 166 Å². The van der Waals surface area contributed by atoms with Crippen molar-refractivity contribution in [3.63, 3.8) is 0 Å². The van der Waals surface area contributed by atoms with Crippen LogP contribution in [0.4, 0.5) is 5.69 Å². The van der Waals surface area contributed by atoms with Crippen molar-refractivity contribution in [2.45, 2.75) is 6.92 Å². The molecule has 0 saturated carbocycles. The van der Waals surface area contributed by atoms with E-state index in [9.17, 15) is 14.4 Å². The van der Waals surface area contributed by atoms with Gasteiger partial charge in [0.25, 0.3) is 5.91 Å². The molecule has 2 aromatic carbocycles. The number of ether oxygens (including phenoxy) is 1. The highest BCUT2D eigenvalue weighted by Crippen LogP contribution is 2.22. The molecule has 1 aromatic heterocycles. The highest BCUT2D eigenvalue weighted by atomic mass is 35.5. The third-order valence-corrected chi connectivity index (χ3v) is 4.35. The molecule has 0 saturated heterocycles. The van der Waals surface area contributed by atoms with Gasteiger partial charge in [-0.15, -0.1) is 0 Å². The second-order valence-electron chi connectivity index (χ2n) is 5.99. The number of halogens is 1. The zero-order valence-electron chi connectivity index (χ0n) is 14.9. The van der Waals surface area contributed by atoms with Gasteiger partial charge in [0.1, 0.15) is 5.76 Å². The summed E-state index contributed by atoms with van der Waals surface area (Å²) in [7, 11) is 0. The first kappa shape index (κ1) is 19.4. The Balaban J connectivity index is 1.56. The number of furan rings is 1. The minimum absolute atomic E-state index is 0.223. The first-order valence-corrected chi connectivity index (χ1v) is 8.72. The van der Waals surface area contributed by atoms with Crippen LogP contribution in [0.1, 0.15) is 26.5 Å².